The third-order valence-electron chi connectivity index (χ3n) is 5.40. The molecule has 0 spiro atoms. The summed E-state index contributed by atoms with van der Waals surface area (Å²) in [6.07, 6.45) is 1.60. The highest BCUT2D eigenvalue weighted by Crippen LogP contribution is 2.23. The fraction of sp³-hybridized carbons (Fsp3) is 0.522. The monoisotopic (exact) mass is 539 g/mol. The van der Waals surface area contributed by atoms with E-state index in [1.807, 2.05) is 44.1 Å². The number of hydrogen-bond acceptors (Lipinski definition) is 5. The molecule has 1 saturated heterocycles. The van der Waals surface area contributed by atoms with Crippen molar-refractivity contribution in [2.75, 3.05) is 45.2 Å². The maximum absolute atomic E-state index is 12.0. The van der Waals surface area contributed by atoms with Gasteiger partial charge in [-0.05, 0) is 44.4 Å². The Kier molecular flexibility index (Phi) is 9.80. The van der Waals surface area contributed by atoms with Crippen LogP contribution in [0.1, 0.15) is 32.3 Å². The van der Waals surface area contributed by atoms with Crippen LogP contribution < -0.4 is 10.2 Å². The van der Waals surface area contributed by atoms with Crippen molar-refractivity contribution < 1.29 is 9.53 Å². The van der Waals surface area contributed by atoms with Gasteiger partial charge in [-0.25, -0.2) is 9.98 Å². The van der Waals surface area contributed by atoms with Crippen LogP contribution in [0.15, 0.2) is 35.3 Å². The van der Waals surface area contributed by atoms with Crippen LogP contribution in [0.4, 0.5) is 5.82 Å². The van der Waals surface area contributed by atoms with E-state index in [-0.39, 0.29) is 35.9 Å². The van der Waals surface area contributed by atoms with E-state index in [1.165, 1.54) is 0 Å². The molecule has 3 rings (SSSR count). The number of fused-ring (bicyclic) bond motifs is 1. The minimum atomic E-state index is -0.0708. The number of nitrogens with zero attached hydrogens (tertiary/aromatic N) is 4. The molecule has 0 bridgehead atoms. The predicted octanol–water partition coefficient (Wildman–Crippen LogP) is 3.66. The first-order valence-corrected chi connectivity index (χ1v) is 10.8. The highest BCUT2D eigenvalue weighted by atomic mass is 127. The molecule has 8 heteroatoms. The second-order valence-corrected chi connectivity index (χ2v) is 7.73. The molecule has 0 aliphatic carbocycles. The third-order valence-corrected chi connectivity index (χ3v) is 5.40. The molecule has 31 heavy (non-hydrogen) atoms. The van der Waals surface area contributed by atoms with Gasteiger partial charge < -0.3 is 19.9 Å². The highest BCUT2D eigenvalue weighted by Gasteiger charge is 2.27. The summed E-state index contributed by atoms with van der Waals surface area (Å²) in [6, 6.07) is 10.3. The Morgan fingerprint density at radius 1 is 1.26 bits per heavy atom. The summed E-state index contributed by atoms with van der Waals surface area (Å²) in [5, 5.41) is 4.54. The van der Waals surface area contributed by atoms with Crippen LogP contribution in [0.3, 0.4) is 0 Å². The Bertz CT molecular complexity index is 895. The van der Waals surface area contributed by atoms with Crippen LogP contribution in [0.5, 0.6) is 0 Å². The number of aromatic nitrogens is 1. The zero-order chi connectivity index (χ0) is 21.5. The summed E-state index contributed by atoms with van der Waals surface area (Å²) in [6.45, 7) is 7.35. The van der Waals surface area contributed by atoms with E-state index in [2.05, 4.69) is 29.3 Å². The lowest BCUT2D eigenvalue weighted by Gasteiger charge is -2.33. The van der Waals surface area contributed by atoms with Gasteiger partial charge in [0, 0.05) is 39.1 Å². The first kappa shape index (κ1) is 25.2. The lowest BCUT2D eigenvalue weighted by molar-refractivity contribution is -0.149. The lowest BCUT2D eigenvalue weighted by Crippen LogP contribution is -2.46. The summed E-state index contributed by atoms with van der Waals surface area (Å²) in [5.74, 6) is 1.75. The van der Waals surface area contributed by atoms with E-state index >= 15 is 0 Å². The van der Waals surface area contributed by atoms with Crippen molar-refractivity contribution in [3.8, 4) is 0 Å². The maximum atomic E-state index is 12.0. The summed E-state index contributed by atoms with van der Waals surface area (Å²) >= 11 is 0. The number of aliphatic imine (C=N–C) groups is 1. The second kappa shape index (κ2) is 12.1. The summed E-state index contributed by atoms with van der Waals surface area (Å²) in [5.41, 5.74) is 2.13. The van der Waals surface area contributed by atoms with Crippen LogP contribution in [-0.4, -0.2) is 62.1 Å². The largest absolute Gasteiger partial charge is 0.466 e. The average molecular weight is 539 g/mol. The van der Waals surface area contributed by atoms with Gasteiger partial charge in [-0.1, -0.05) is 18.2 Å². The van der Waals surface area contributed by atoms with Crippen molar-refractivity contribution in [3.63, 3.8) is 0 Å². The van der Waals surface area contributed by atoms with E-state index in [0.29, 0.717) is 13.2 Å². The number of esters is 1. The van der Waals surface area contributed by atoms with Crippen LogP contribution in [-0.2, 0) is 16.1 Å². The topological polar surface area (TPSA) is 70.1 Å². The fourth-order valence-electron chi connectivity index (χ4n) is 3.76. The van der Waals surface area contributed by atoms with Gasteiger partial charge in [0.2, 0.25) is 0 Å². The normalized spacial score (nSPS) is 14.8. The number of ether oxygens (including phenoxy) is 1. The van der Waals surface area contributed by atoms with Crippen LogP contribution in [0, 0.1) is 5.92 Å². The molecule has 1 aromatic heterocycles. The van der Waals surface area contributed by atoms with Crippen molar-refractivity contribution >= 4 is 52.6 Å². The molecule has 1 fully saturated rings. The fourth-order valence-corrected chi connectivity index (χ4v) is 3.76. The van der Waals surface area contributed by atoms with Crippen LogP contribution >= 0.6 is 24.0 Å². The highest BCUT2D eigenvalue weighted by molar-refractivity contribution is 14.0. The van der Waals surface area contributed by atoms with Gasteiger partial charge >= 0.3 is 5.97 Å². The van der Waals surface area contributed by atoms with Crippen molar-refractivity contribution in [2.24, 2.45) is 10.9 Å². The van der Waals surface area contributed by atoms with Crippen LogP contribution in [0.25, 0.3) is 10.9 Å². The molecular formula is C23H34IN5O2. The molecule has 7 nitrogen and oxygen atoms in total. The van der Waals surface area contributed by atoms with Crippen molar-refractivity contribution in [2.45, 2.75) is 33.2 Å². The Hall–Kier alpha value is -2.10. The van der Waals surface area contributed by atoms with E-state index in [9.17, 15) is 4.79 Å². The molecule has 0 radical (unpaired) electrons. The van der Waals surface area contributed by atoms with Gasteiger partial charge in [0.1, 0.15) is 5.82 Å². The number of nitrogens with one attached hydrogen (secondary N) is 1. The Morgan fingerprint density at radius 3 is 2.61 bits per heavy atom. The number of carbonyl (C=O) groups excluding carboxylic acids is 1. The molecule has 170 valence electrons. The Morgan fingerprint density at radius 2 is 1.97 bits per heavy atom. The lowest BCUT2D eigenvalue weighted by atomic mass is 9.97. The first-order chi connectivity index (χ1) is 14.5. The molecule has 0 unspecified atom stereocenters. The number of guanidine groups is 1. The van der Waals surface area contributed by atoms with Crippen LogP contribution in [0.2, 0.25) is 0 Å². The Balaban J connectivity index is 0.00000341. The van der Waals surface area contributed by atoms with E-state index < -0.39 is 0 Å². The van der Waals surface area contributed by atoms with Crippen molar-refractivity contribution in [1.82, 2.24) is 15.2 Å². The predicted molar refractivity (Wildman–Crippen MR) is 137 cm³/mol. The van der Waals surface area contributed by atoms with E-state index in [4.69, 9.17) is 14.7 Å². The minimum Gasteiger partial charge on any atom is -0.466 e. The van der Waals surface area contributed by atoms with Gasteiger partial charge in [-0.15, -0.1) is 24.0 Å². The summed E-state index contributed by atoms with van der Waals surface area (Å²) in [7, 11) is 4.00. The number of pyridine rings is 1. The third kappa shape index (κ3) is 6.44. The van der Waals surface area contributed by atoms with Crippen molar-refractivity contribution in [3.05, 3.63) is 35.9 Å². The number of hydrogen-bond donors (Lipinski definition) is 1. The first-order valence-electron chi connectivity index (χ1n) is 10.8. The number of piperidine rings is 1. The number of para-hydroxylation sites is 1. The maximum Gasteiger partial charge on any atom is 0.309 e. The van der Waals surface area contributed by atoms with Gasteiger partial charge in [0.25, 0.3) is 0 Å². The number of benzene rings is 1. The second-order valence-electron chi connectivity index (χ2n) is 7.73. The molecule has 0 saturated carbocycles. The SMILES string of the molecule is CCNC(=NCc1cc(N(C)C)nc2ccccc12)N1CCC(C(=O)OCC)CC1.I. The molecule has 1 aliphatic rings. The standard InChI is InChI=1S/C23H33N5O2.HI/c1-5-24-23(28-13-11-17(12-14-28)22(29)30-6-2)25-16-18-15-21(27(3)4)26-20-10-8-7-9-19(18)20;/h7-10,15,17H,5-6,11-14,16H2,1-4H3,(H,24,25);1H. The molecule has 1 aromatic carbocycles. The summed E-state index contributed by atoms with van der Waals surface area (Å²) in [4.78, 5) is 26.0. The average Bonchev–Trinajstić information content (AvgIpc) is 2.76. The number of halogens is 1. The molecule has 2 heterocycles. The molecular weight excluding hydrogens is 505 g/mol. The molecule has 1 aliphatic heterocycles. The van der Waals surface area contributed by atoms with Gasteiger partial charge in [-0.2, -0.15) is 0 Å². The Labute approximate surface area is 202 Å². The quantitative estimate of drug-likeness (QED) is 0.262. The summed E-state index contributed by atoms with van der Waals surface area (Å²) < 4.78 is 5.19. The molecule has 2 aromatic rings. The van der Waals surface area contributed by atoms with Gasteiger partial charge in [-0.3, -0.25) is 4.79 Å². The zero-order valence-corrected chi connectivity index (χ0v) is 21.3. The smallest absolute Gasteiger partial charge is 0.309 e. The van der Waals surface area contributed by atoms with E-state index in [1.54, 1.807) is 0 Å². The van der Waals surface area contributed by atoms with E-state index in [0.717, 1.165) is 60.7 Å². The number of rotatable bonds is 6. The molecule has 1 N–H and O–H groups in total. The number of likely N-dealkylation sites (tertiary alicyclic amines) is 1. The molecule has 0 amide bonds. The zero-order valence-electron chi connectivity index (χ0n) is 18.9. The number of anilines is 1. The van der Waals surface area contributed by atoms with Gasteiger partial charge in [0.15, 0.2) is 5.96 Å². The van der Waals surface area contributed by atoms with Crippen molar-refractivity contribution in [1.29, 1.82) is 0 Å². The minimum absolute atomic E-state index is 0. The van der Waals surface area contributed by atoms with Gasteiger partial charge in [0.05, 0.1) is 24.6 Å². The molecule has 0 atom stereocenters. The number of carbonyl (C=O) groups is 1.